The van der Waals surface area contributed by atoms with E-state index in [1.165, 1.54) is 12.4 Å². The van der Waals surface area contributed by atoms with Gasteiger partial charge in [-0.25, -0.2) is 9.97 Å². The van der Waals surface area contributed by atoms with E-state index in [1.807, 2.05) is 39.7 Å². The van der Waals surface area contributed by atoms with Gasteiger partial charge in [0.25, 0.3) is 0 Å². The van der Waals surface area contributed by atoms with Crippen LogP contribution in [0.15, 0.2) is 59.9 Å². The fourth-order valence-electron chi connectivity index (χ4n) is 3.86. The maximum atomic E-state index is 11.5. The maximum absolute atomic E-state index is 11.5. The molecule has 152 valence electrons. The van der Waals surface area contributed by atoms with Gasteiger partial charge >= 0.3 is 5.84 Å². The number of hydrogen-bond donors (Lipinski definition) is 1. The van der Waals surface area contributed by atoms with E-state index in [-0.39, 0.29) is 0 Å². The van der Waals surface area contributed by atoms with Crippen molar-refractivity contribution >= 4 is 28.7 Å². The van der Waals surface area contributed by atoms with Crippen LogP contribution in [-0.2, 0) is 4.79 Å². The van der Waals surface area contributed by atoms with E-state index in [0.29, 0.717) is 17.6 Å². The number of primary amides is 1. The van der Waals surface area contributed by atoms with Gasteiger partial charge in [0, 0.05) is 35.6 Å². The van der Waals surface area contributed by atoms with Gasteiger partial charge in [-0.1, -0.05) is 0 Å². The molecule has 0 bridgehead atoms. The maximum Gasteiger partial charge on any atom is 0.306 e. The predicted octanol–water partition coefficient (Wildman–Crippen LogP) is 3.23. The molecule has 1 aromatic carbocycles. The second-order valence-corrected chi connectivity index (χ2v) is 7.49. The van der Waals surface area contributed by atoms with Crippen molar-refractivity contribution in [2.45, 2.75) is 18.9 Å². The molecule has 5 aromatic rings. The Kier molecular flexibility index (Phi) is 3.76. The van der Waals surface area contributed by atoms with E-state index in [9.17, 15) is 4.79 Å². The highest BCUT2D eigenvalue weighted by Crippen LogP contribution is 2.39. The zero-order valence-corrected chi connectivity index (χ0v) is 16.3. The molecule has 0 spiro atoms. The monoisotopic (exact) mass is 411 g/mol. The first-order valence-corrected chi connectivity index (χ1v) is 9.91. The average molecular weight is 411 g/mol. The first kappa shape index (κ1) is 17.6. The molecular formula is C22H17N7O2. The molecule has 4 heterocycles. The fraction of sp³-hybridized carbons (Fsp3) is 0.136. The van der Waals surface area contributed by atoms with Crippen molar-refractivity contribution in [3.8, 4) is 22.6 Å². The van der Waals surface area contributed by atoms with Gasteiger partial charge in [-0.3, -0.25) is 13.9 Å². The zero-order chi connectivity index (χ0) is 20.9. The van der Waals surface area contributed by atoms with E-state index >= 15 is 0 Å². The number of hydrogen-bond acceptors (Lipinski definition) is 6. The van der Waals surface area contributed by atoms with E-state index in [2.05, 4.69) is 9.97 Å². The summed E-state index contributed by atoms with van der Waals surface area (Å²) in [5.74, 6) is -0.0786. The third-order valence-corrected chi connectivity index (χ3v) is 5.43. The molecule has 2 N–H and O–H groups in total. The Balaban J connectivity index is 1.63. The Morgan fingerprint density at radius 3 is 2.97 bits per heavy atom. The van der Waals surface area contributed by atoms with Gasteiger partial charge < -0.3 is 10.2 Å². The van der Waals surface area contributed by atoms with Crippen molar-refractivity contribution in [1.82, 2.24) is 29.1 Å². The molecule has 1 aliphatic rings. The highest BCUT2D eigenvalue weighted by Gasteiger charge is 2.27. The Hall–Kier alpha value is -4.27. The van der Waals surface area contributed by atoms with Gasteiger partial charge in [0.05, 0.1) is 17.3 Å². The Morgan fingerprint density at radius 2 is 2.13 bits per heavy atom. The normalized spacial score (nSPS) is 14.2. The van der Waals surface area contributed by atoms with Gasteiger partial charge in [0.15, 0.2) is 0 Å². The molecule has 1 fully saturated rings. The number of nitrogens with two attached hydrogens (primary N) is 1. The van der Waals surface area contributed by atoms with E-state index in [4.69, 9.17) is 20.2 Å². The van der Waals surface area contributed by atoms with Crippen LogP contribution in [0.5, 0.6) is 0 Å². The third-order valence-electron chi connectivity index (χ3n) is 5.43. The lowest BCUT2D eigenvalue weighted by Gasteiger charge is -2.10. The molecule has 31 heavy (non-hydrogen) atoms. The van der Waals surface area contributed by atoms with E-state index in [1.54, 1.807) is 18.5 Å². The molecule has 0 aliphatic heterocycles. The first-order chi connectivity index (χ1) is 15.2. The number of aromatic nitrogens is 6. The van der Waals surface area contributed by atoms with Crippen molar-refractivity contribution in [3.63, 3.8) is 0 Å². The molecule has 0 unspecified atom stereocenters. The lowest BCUT2D eigenvalue weighted by atomic mass is 9.97. The van der Waals surface area contributed by atoms with Gasteiger partial charge in [-0.05, 0) is 42.7 Å². The number of nitrogens with zero attached hydrogens (tertiary/aromatic N) is 6. The largest absolute Gasteiger partial charge is 0.432 e. The lowest BCUT2D eigenvalue weighted by molar-refractivity contribution is -0.113. The smallest absolute Gasteiger partial charge is 0.306 e. The summed E-state index contributed by atoms with van der Waals surface area (Å²) in [5.41, 5.74) is 10.0. The molecule has 6 rings (SSSR count). The number of benzene rings is 1. The SMILES string of the molecule is NC(=O)/C=C/c1c(-c2c(-c3ccn(C4CC4)n3)nc3occn23)ccc2ncncc12. The van der Waals surface area contributed by atoms with Crippen LogP contribution in [0.2, 0.25) is 0 Å². The van der Waals surface area contributed by atoms with Crippen molar-refractivity contribution in [1.29, 1.82) is 0 Å². The van der Waals surface area contributed by atoms with Crippen LogP contribution in [0.3, 0.4) is 0 Å². The van der Waals surface area contributed by atoms with Crippen LogP contribution in [0.25, 0.3) is 45.5 Å². The average Bonchev–Trinajstić information content (AvgIpc) is 3.18. The molecule has 1 aliphatic carbocycles. The van der Waals surface area contributed by atoms with Gasteiger partial charge in [0.1, 0.15) is 24.0 Å². The molecular weight excluding hydrogens is 394 g/mol. The summed E-state index contributed by atoms with van der Waals surface area (Å²) in [6, 6.07) is 6.30. The van der Waals surface area contributed by atoms with Crippen molar-refractivity contribution in [3.05, 3.63) is 61.0 Å². The summed E-state index contributed by atoms with van der Waals surface area (Å²) in [5, 5.41) is 5.55. The summed E-state index contributed by atoms with van der Waals surface area (Å²) in [4.78, 5) is 24.7. The number of fused-ring (bicyclic) bond motifs is 2. The number of rotatable bonds is 5. The molecule has 1 amide bonds. The van der Waals surface area contributed by atoms with E-state index in [0.717, 1.165) is 46.3 Å². The molecule has 0 radical (unpaired) electrons. The molecule has 1 saturated carbocycles. The van der Waals surface area contributed by atoms with Crippen molar-refractivity contribution in [2.75, 3.05) is 0 Å². The van der Waals surface area contributed by atoms with Crippen LogP contribution in [0.4, 0.5) is 0 Å². The Bertz CT molecular complexity index is 1490. The number of amides is 1. The molecule has 4 aromatic heterocycles. The summed E-state index contributed by atoms with van der Waals surface area (Å²) < 4.78 is 9.44. The number of carbonyl (C=O) groups is 1. The molecule has 9 nitrogen and oxygen atoms in total. The molecule has 9 heteroatoms. The predicted molar refractivity (Wildman–Crippen MR) is 114 cm³/mol. The van der Waals surface area contributed by atoms with Crippen molar-refractivity contribution in [2.24, 2.45) is 5.73 Å². The number of imidazole rings is 1. The Morgan fingerprint density at radius 1 is 1.23 bits per heavy atom. The van der Waals surface area contributed by atoms with Crippen LogP contribution in [-0.4, -0.2) is 35.0 Å². The third kappa shape index (κ3) is 2.90. The lowest BCUT2D eigenvalue weighted by Crippen LogP contribution is -2.05. The summed E-state index contributed by atoms with van der Waals surface area (Å²) in [6.07, 6.45) is 13.9. The second kappa shape index (κ2) is 6.63. The molecule has 0 saturated heterocycles. The minimum atomic E-state index is -0.537. The molecule has 0 atom stereocenters. The van der Waals surface area contributed by atoms with Crippen LogP contribution < -0.4 is 5.73 Å². The highest BCUT2D eigenvalue weighted by molar-refractivity contribution is 6.00. The minimum absolute atomic E-state index is 0.459. The van der Waals surface area contributed by atoms with Crippen LogP contribution >= 0.6 is 0 Å². The number of carbonyl (C=O) groups excluding carboxylic acids is 1. The topological polar surface area (TPSA) is 117 Å². The van der Waals surface area contributed by atoms with Crippen LogP contribution in [0.1, 0.15) is 24.4 Å². The highest BCUT2D eigenvalue weighted by atomic mass is 16.3. The van der Waals surface area contributed by atoms with Gasteiger partial charge in [0.2, 0.25) is 5.91 Å². The summed E-state index contributed by atoms with van der Waals surface area (Å²) >= 11 is 0. The van der Waals surface area contributed by atoms with Gasteiger partial charge in [-0.2, -0.15) is 10.1 Å². The number of oxazole rings is 1. The summed E-state index contributed by atoms with van der Waals surface area (Å²) in [6.45, 7) is 0. The Labute approximate surface area is 175 Å². The summed E-state index contributed by atoms with van der Waals surface area (Å²) in [7, 11) is 0. The standard InChI is InChI=1S/C22H17N7O2/c23-19(30)6-4-14-15(3-5-17-16(14)11-24-12-25-17)21-20(26-22-28(21)9-10-31-22)18-7-8-29(27-18)13-1-2-13/h3-13H,1-2H2,(H2,23,30)/b6-4+. The minimum Gasteiger partial charge on any atom is -0.432 e. The zero-order valence-electron chi connectivity index (χ0n) is 16.3. The quantitative estimate of drug-likeness (QED) is 0.444. The van der Waals surface area contributed by atoms with E-state index < -0.39 is 5.91 Å². The van der Waals surface area contributed by atoms with Gasteiger partial charge in [-0.15, -0.1) is 0 Å². The second-order valence-electron chi connectivity index (χ2n) is 7.49. The van der Waals surface area contributed by atoms with Crippen LogP contribution in [0, 0.1) is 0 Å². The first-order valence-electron chi connectivity index (χ1n) is 9.91. The van der Waals surface area contributed by atoms with Crippen molar-refractivity contribution < 1.29 is 9.21 Å². The fourth-order valence-corrected chi connectivity index (χ4v) is 3.86.